The van der Waals surface area contributed by atoms with Crippen LogP contribution in [0.1, 0.15) is 36.6 Å². The first-order valence-corrected chi connectivity index (χ1v) is 9.46. The number of hydrogen-bond acceptors (Lipinski definition) is 4. The summed E-state index contributed by atoms with van der Waals surface area (Å²) in [7, 11) is 3.75. The van der Waals surface area contributed by atoms with E-state index in [0.29, 0.717) is 0 Å². The molecule has 0 spiro atoms. The number of aryl methyl sites for hydroxylation is 1. The summed E-state index contributed by atoms with van der Waals surface area (Å²) in [5, 5.41) is 11.0. The Kier molecular flexibility index (Phi) is 9.12. The molecule has 7 nitrogen and oxygen atoms in total. The summed E-state index contributed by atoms with van der Waals surface area (Å²) in [5.41, 5.74) is 1.22. The van der Waals surface area contributed by atoms with Crippen molar-refractivity contribution in [2.45, 2.75) is 31.7 Å². The molecule has 1 unspecified atom stereocenters. The Morgan fingerprint density at radius 3 is 2.74 bits per heavy atom. The van der Waals surface area contributed by atoms with E-state index < -0.39 is 0 Å². The summed E-state index contributed by atoms with van der Waals surface area (Å²) in [6.07, 6.45) is 10.5. The van der Waals surface area contributed by atoms with Crippen LogP contribution in [0, 0.1) is 0 Å². The van der Waals surface area contributed by atoms with Gasteiger partial charge in [0.2, 0.25) is 0 Å². The molecule has 1 atom stereocenters. The van der Waals surface area contributed by atoms with Crippen LogP contribution < -0.4 is 10.6 Å². The molecule has 0 aliphatic carbocycles. The fourth-order valence-corrected chi connectivity index (χ4v) is 3.46. The number of piperidine rings is 1. The van der Waals surface area contributed by atoms with Gasteiger partial charge in [-0.05, 0) is 50.0 Å². The zero-order valence-corrected chi connectivity index (χ0v) is 18.6. The quantitative estimate of drug-likeness (QED) is 0.358. The maximum Gasteiger partial charge on any atom is 0.191 e. The van der Waals surface area contributed by atoms with Gasteiger partial charge in [0.1, 0.15) is 5.76 Å². The molecule has 0 amide bonds. The number of guanidine groups is 1. The number of hydrogen-bond donors (Lipinski definition) is 2. The predicted molar refractivity (Wildman–Crippen MR) is 119 cm³/mol. The Balaban J connectivity index is 0.00000261. The predicted octanol–water partition coefficient (Wildman–Crippen LogP) is 2.57. The average molecular weight is 486 g/mol. The molecule has 0 bridgehead atoms. The van der Waals surface area contributed by atoms with Gasteiger partial charge >= 0.3 is 0 Å². The number of furan rings is 1. The molecule has 8 heteroatoms. The van der Waals surface area contributed by atoms with E-state index in [2.05, 4.69) is 31.7 Å². The molecule has 2 N–H and O–H groups in total. The van der Waals surface area contributed by atoms with Crippen LogP contribution in [0.15, 0.2) is 40.2 Å². The fraction of sp³-hybridized carbons (Fsp3) is 0.579. The second-order valence-corrected chi connectivity index (χ2v) is 6.78. The number of aromatic nitrogens is 2. The van der Waals surface area contributed by atoms with Crippen LogP contribution in [0.2, 0.25) is 0 Å². The Morgan fingerprint density at radius 1 is 1.30 bits per heavy atom. The van der Waals surface area contributed by atoms with Crippen molar-refractivity contribution in [2.75, 3.05) is 33.2 Å². The maximum absolute atomic E-state index is 5.70. The molecule has 1 fully saturated rings. The second-order valence-electron chi connectivity index (χ2n) is 6.78. The molecule has 1 aliphatic heterocycles. The van der Waals surface area contributed by atoms with E-state index in [1.807, 2.05) is 37.2 Å². The van der Waals surface area contributed by atoms with Crippen LogP contribution in [-0.2, 0) is 13.5 Å². The molecular weight excluding hydrogens is 455 g/mol. The number of aliphatic imine (C=N–C) groups is 1. The van der Waals surface area contributed by atoms with Gasteiger partial charge in [-0.1, -0.05) is 6.42 Å². The summed E-state index contributed by atoms with van der Waals surface area (Å²) in [6, 6.07) is 4.27. The van der Waals surface area contributed by atoms with Crippen molar-refractivity contribution in [1.29, 1.82) is 0 Å². The van der Waals surface area contributed by atoms with E-state index in [1.54, 1.807) is 6.26 Å². The van der Waals surface area contributed by atoms with E-state index in [-0.39, 0.29) is 30.0 Å². The van der Waals surface area contributed by atoms with Crippen LogP contribution in [0.25, 0.3) is 0 Å². The average Bonchev–Trinajstić information content (AvgIpc) is 3.33. The molecule has 1 saturated heterocycles. The molecule has 0 saturated carbocycles. The fourth-order valence-electron chi connectivity index (χ4n) is 3.46. The van der Waals surface area contributed by atoms with Crippen molar-refractivity contribution in [3.05, 3.63) is 42.1 Å². The Morgan fingerprint density at radius 2 is 2.11 bits per heavy atom. The first-order chi connectivity index (χ1) is 12.8. The minimum Gasteiger partial charge on any atom is -0.468 e. The van der Waals surface area contributed by atoms with Gasteiger partial charge in [-0.2, -0.15) is 5.10 Å². The highest BCUT2D eigenvalue weighted by Gasteiger charge is 2.24. The van der Waals surface area contributed by atoms with Gasteiger partial charge in [-0.25, -0.2) is 0 Å². The summed E-state index contributed by atoms with van der Waals surface area (Å²) in [6.45, 7) is 3.85. The Labute approximate surface area is 178 Å². The molecular formula is C19H31IN6O. The lowest BCUT2D eigenvalue weighted by Gasteiger charge is -2.33. The van der Waals surface area contributed by atoms with Gasteiger partial charge in [0, 0.05) is 33.4 Å². The minimum absolute atomic E-state index is 0. The van der Waals surface area contributed by atoms with Crippen LogP contribution in [0.5, 0.6) is 0 Å². The van der Waals surface area contributed by atoms with Gasteiger partial charge in [0.15, 0.2) is 5.96 Å². The monoisotopic (exact) mass is 486 g/mol. The van der Waals surface area contributed by atoms with E-state index in [1.165, 1.54) is 24.8 Å². The lowest BCUT2D eigenvalue weighted by molar-refractivity contribution is 0.146. The zero-order valence-electron chi connectivity index (χ0n) is 16.2. The highest BCUT2D eigenvalue weighted by Crippen LogP contribution is 2.24. The third kappa shape index (κ3) is 6.53. The molecule has 2 aromatic rings. The first kappa shape index (κ1) is 21.7. The van der Waals surface area contributed by atoms with Crippen LogP contribution in [0.3, 0.4) is 0 Å². The van der Waals surface area contributed by atoms with Crippen molar-refractivity contribution in [3.8, 4) is 0 Å². The number of halogens is 1. The molecule has 2 aromatic heterocycles. The lowest BCUT2D eigenvalue weighted by Crippen LogP contribution is -2.44. The van der Waals surface area contributed by atoms with Gasteiger partial charge in [0.05, 0.1) is 18.5 Å². The zero-order chi connectivity index (χ0) is 18.2. The molecule has 3 heterocycles. The highest BCUT2D eigenvalue weighted by atomic mass is 127. The minimum atomic E-state index is 0. The summed E-state index contributed by atoms with van der Waals surface area (Å²) in [4.78, 5) is 6.86. The molecule has 0 aromatic carbocycles. The van der Waals surface area contributed by atoms with E-state index in [0.717, 1.165) is 44.3 Å². The van der Waals surface area contributed by atoms with Crippen molar-refractivity contribution in [1.82, 2.24) is 25.3 Å². The summed E-state index contributed by atoms with van der Waals surface area (Å²) < 4.78 is 7.53. The SMILES string of the molecule is CN=C(NCCc1cnn(C)c1)NCC(c1ccco1)N1CCCCC1.I. The second kappa shape index (κ2) is 11.3. The molecule has 1 aliphatic rings. The lowest BCUT2D eigenvalue weighted by atomic mass is 10.1. The topological polar surface area (TPSA) is 70.6 Å². The number of nitrogens with one attached hydrogen (secondary N) is 2. The maximum atomic E-state index is 5.70. The summed E-state index contributed by atoms with van der Waals surface area (Å²) in [5.74, 6) is 1.84. The van der Waals surface area contributed by atoms with Crippen molar-refractivity contribution < 1.29 is 4.42 Å². The normalized spacial score (nSPS) is 16.6. The van der Waals surface area contributed by atoms with E-state index in [9.17, 15) is 0 Å². The first-order valence-electron chi connectivity index (χ1n) is 9.46. The van der Waals surface area contributed by atoms with Gasteiger partial charge < -0.3 is 15.1 Å². The number of likely N-dealkylation sites (tertiary alicyclic amines) is 1. The van der Waals surface area contributed by atoms with Gasteiger partial charge in [-0.15, -0.1) is 24.0 Å². The highest BCUT2D eigenvalue weighted by molar-refractivity contribution is 14.0. The summed E-state index contributed by atoms with van der Waals surface area (Å²) >= 11 is 0. The molecule has 0 radical (unpaired) electrons. The van der Waals surface area contributed by atoms with Crippen LogP contribution in [0.4, 0.5) is 0 Å². The third-order valence-corrected chi connectivity index (χ3v) is 4.85. The largest absolute Gasteiger partial charge is 0.468 e. The van der Waals surface area contributed by atoms with Crippen LogP contribution >= 0.6 is 24.0 Å². The Bertz CT molecular complexity index is 678. The smallest absolute Gasteiger partial charge is 0.191 e. The standard InChI is InChI=1S/C19H30N6O.HI/c1-20-19(21-9-8-16-13-23-24(2)15-16)22-14-17(18-7-6-12-26-18)25-10-4-3-5-11-25;/h6-7,12-13,15,17H,3-5,8-11,14H2,1-2H3,(H2,20,21,22);1H. The van der Waals surface area contributed by atoms with Crippen molar-refractivity contribution in [2.24, 2.45) is 12.0 Å². The number of nitrogens with zero attached hydrogens (tertiary/aromatic N) is 4. The van der Waals surface area contributed by atoms with E-state index >= 15 is 0 Å². The van der Waals surface area contributed by atoms with Gasteiger partial charge in [0.25, 0.3) is 0 Å². The van der Waals surface area contributed by atoms with Crippen LogP contribution in [-0.4, -0.2) is 53.9 Å². The molecule has 27 heavy (non-hydrogen) atoms. The Hall–Kier alpha value is -1.55. The third-order valence-electron chi connectivity index (χ3n) is 4.85. The molecule has 150 valence electrons. The molecule has 3 rings (SSSR count). The number of rotatable bonds is 7. The van der Waals surface area contributed by atoms with Crippen molar-refractivity contribution >= 4 is 29.9 Å². The van der Waals surface area contributed by atoms with E-state index in [4.69, 9.17) is 4.42 Å². The van der Waals surface area contributed by atoms with Crippen molar-refractivity contribution in [3.63, 3.8) is 0 Å². The van der Waals surface area contributed by atoms with Gasteiger partial charge in [-0.3, -0.25) is 14.6 Å².